The number of carbonyl (C=O) groups is 1. The van der Waals surface area contributed by atoms with Crippen LogP contribution in [0.4, 0.5) is 5.82 Å². The van der Waals surface area contributed by atoms with E-state index in [0.717, 1.165) is 0 Å². The van der Waals surface area contributed by atoms with Crippen LogP contribution in [0.2, 0.25) is 0 Å². The van der Waals surface area contributed by atoms with Gasteiger partial charge in [0.25, 0.3) is 5.91 Å². The number of amides is 1. The molecule has 8 nitrogen and oxygen atoms in total. The summed E-state index contributed by atoms with van der Waals surface area (Å²) in [5.41, 5.74) is 0.162. The summed E-state index contributed by atoms with van der Waals surface area (Å²) in [5, 5.41) is 8.86. The highest BCUT2D eigenvalue weighted by atomic mass is 32.2. The first-order valence-electron chi connectivity index (χ1n) is 6.48. The molecule has 0 bridgehead atoms. The third-order valence-corrected chi connectivity index (χ3v) is 5.02. The Kier molecular flexibility index (Phi) is 4.43. The predicted molar refractivity (Wildman–Crippen MR) is 77.4 cm³/mol. The van der Waals surface area contributed by atoms with Gasteiger partial charge in [-0.25, -0.2) is 8.42 Å². The largest absolute Gasteiger partial charge is 0.356 e. The van der Waals surface area contributed by atoms with E-state index in [0.29, 0.717) is 18.9 Å². The summed E-state index contributed by atoms with van der Waals surface area (Å²) in [7, 11) is -3.57. The van der Waals surface area contributed by atoms with Gasteiger partial charge in [-0.1, -0.05) is 13.8 Å². The maximum absolute atomic E-state index is 12.3. The minimum absolute atomic E-state index is 0.0703. The van der Waals surface area contributed by atoms with Crippen LogP contribution in [0, 0.1) is 0 Å². The van der Waals surface area contributed by atoms with Gasteiger partial charge < -0.3 is 10.3 Å². The first-order valence-corrected chi connectivity index (χ1v) is 7.92. The smallest absolute Gasteiger partial charge is 0.273 e. The number of hydrogen-bond acceptors (Lipinski definition) is 4. The van der Waals surface area contributed by atoms with Crippen molar-refractivity contribution in [2.45, 2.75) is 18.7 Å². The Labute approximate surface area is 122 Å². The van der Waals surface area contributed by atoms with Crippen molar-refractivity contribution in [1.29, 1.82) is 0 Å². The summed E-state index contributed by atoms with van der Waals surface area (Å²) in [6.45, 7) is 4.28. The van der Waals surface area contributed by atoms with Gasteiger partial charge in [-0.05, 0) is 6.07 Å². The van der Waals surface area contributed by atoms with Gasteiger partial charge in [0.05, 0.1) is 6.20 Å². The average molecular weight is 311 g/mol. The molecule has 2 aromatic rings. The van der Waals surface area contributed by atoms with Crippen LogP contribution in [0.1, 0.15) is 24.3 Å². The van der Waals surface area contributed by atoms with Crippen molar-refractivity contribution in [3.63, 3.8) is 0 Å². The van der Waals surface area contributed by atoms with Crippen molar-refractivity contribution in [1.82, 2.24) is 19.5 Å². The molecule has 0 aliphatic rings. The molecule has 0 saturated heterocycles. The van der Waals surface area contributed by atoms with Gasteiger partial charge in [0.15, 0.2) is 0 Å². The molecule has 0 saturated carbocycles. The van der Waals surface area contributed by atoms with E-state index in [1.165, 1.54) is 22.8 Å². The van der Waals surface area contributed by atoms with Gasteiger partial charge in [-0.2, -0.15) is 9.40 Å². The van der Waals surface area contributed by atoms with Gasteiger partial charge in [0.1, 0.15) is 16.4 Å². The molecule has 0 atom stereocenters. The van der Waals surface area contributed by atoms with Crippen LogP contribution in [-0.4, -0.2) is 46.9 Å². The molecule has 0 aliphatic heterocycles. The molecule has 1 amide bonds. The molecule has 21 heavy (non-hydrogen) atoms. The number of nitrogens with one attached hydrogen (secondary N) is 3. The quantitative estimate of drug-likeness (QED) is 0.739. The van der Waals surface area contributed by atoms with Gasteiger partial charge in [-0.3, -0.25) is 9.89 Å². The second-order valence-electron chi connectivity index (χ2n) is 4.26. The Morgan fingerprint density at radius 1 is 1.38 bits per heavy atom. The normalized spacial score (nSPS) is 11.8. The zero-order valence-corrected chi connectivity index (χ0v) is 12.6. The molecule has 0 fully saturated rings. The highest BCUT2D eigenvalue weighted by Crippen LogP contribution is 2.17. The van der Waals surface area contributed by atoms with E-state index in [-0.39, 0.29) is 10.6 Å². The zero-order chi connectivity index (χ0) is 15.5. The predicted octanol–water partition coefficient (Wildman–Crippen LogP) is 1.02. The van der Waals surface area contributed by atoms with Crippen molar-refractivity contribution < 1.29 is 13.2 Å². The Balaban J connectivity index is 2.20. The van der Waals surface area contributed by atoms with Crippen LogP contribution < -0.4 is 5.32 Å². The summed E-state index contributed by atoms with van der Waals surface area (Å²) in [5.74, 6) is -0.0111. The molecule has 0 radical (unpaired) electrons. The SMILES string of the molecule is CCN(CC)S(=O)(=O)c1c[nH]c(C(=O)Nc2ccn[nH]2)c1. The molecular formula is C12H17N5O3S. The van der Waals surface area contributed by atoms with Gasteiger partial charge in [0, 0.05) is 25.4 Å². The van der Waals surface area contributed by atoms with Gasteiger partial charge >= 0.3 is 0 Å². The Bertz CT molecular complexity index is 701. The first kappa shape index (κ1) is 15.3. The maximum atomic E-state index is 12.3. The second-order valence-corrected chi connectivity index (χ2v) is 6.20. The number of hydrogen-bond donors (Lipinski definition) is 3. The van der Waals surface area contributed by atoms with E-state index < -0.39 is 15.9 Å². The first-order chi connectivity index (χ1) is 9.98. The fourth-order valence-electron chi connectivity index (χ4n) is 1.88. The van der Waals surface area contributed by atoms with E-state index in [1.54, 1.807) is 19.9 Å². The fourth-order valence-corrected chi connectivity index (χ4v) is 3.33. The van der Waals surface area contributed by atoms with Crippen molar-refractivity contribution in [2.75, 3.05) is 18.4 Å². The number of anilines is 1. The molecule has 0 unspecified atom stereocenters. The van der Waals surface area contributed by atoms with E-state index >= 15 is 0 Å². The second kappa shape index (κ2) is 6.10. The summed E-state index contributed by atoms with van der Waals surface area (Å²) >= 11 is 0. The van der Waals surface area contributed by atoms with Crippen molar-refractivity contribution >= 4 is 21.7 Å². The zero-order valence-electron chi connectivity index (χ0n) is 11.8. The lowest BCUT2D eigenvalue weighted by Crippen LogP contribution is -2.30. The lowest BCUT2D eigenvalue weighted by atomic mass is 10.4. The minimum atomic E-state index is -3.57. The molecule has 0 aliphatic carbocycles. The number of aromatic amines is 2. The molecule has 2 rings (SSSR count). The van der Waals surface area contributed by atoms with Gasteiger partial charge in [0.2, 0.25) is 10.0 Å². The average Bonchev–Trinajstić information content (AvgIpc) is 3.10. The number of H-pyrrole nitrogens is 2. The summed E-state index contributed by atoms with van der Waals surface area (Å²) in [6, 6.07) is 2.91. The molecule has 2 aromatic heterocycles. The van der Waals surface area contributed by atoms with E-state index in [9.17, 15) is 13.2 Å². The lowest BCUT2D eigenvalue weighted by molar-refractivity contribution is 0.102. The third kappa shape index (κ3) is 3.14. The molecule has 9 heteroatoms. The van der Waals surface area contributed by atoms with Gasteiger partial charge in [-0.15, -0.1) is 0 Å². The van der Waals surface area contributed by atoms with Crippen LogP contribution in [0.3, 0.4) is 0 Å². The van der Waals surface area contributed by atoms with Crippen LogP contribution in [0.25, 0.3) is 0 Å². The number of aromatic nitrogens is 3. The number of carbonyl (C=O) groups excluding carboxylic acids is 1. The molecule has 3 N–H and O–H groups in total. The minimum Gasteiger partial charge on any atom is -0.356 e. The monoisotopic (exact) mass is 311 g/mol. The number of sulfonamides is 1. The van der Waals surface area contributed by atoms with E-state index in [4.69, 9.17) is 0 Å². The molecule has 0 aromatic carbocycles. The Hall–Kier alpha value is -2.13. The van der Waals surface area contributed by atoms with Crippen LogP contribution in [-0.2, 0) is 10.0 Å². The van der Waals surface area contributed by atoms with Crippen LogP contribution in [0.15, 0.2) is 29.4 Å². The van der Waals surface area contributed by atoms with Crippen LogP contribution >= 0.6 is 0 Å². The van der Waals surface area contributed by atoms with Crippen molar-refractivity contribution in [3.05, 3.63) is 30.2 Å². The summed E-state index contributed by atoms with van der Waals surface area (Å²) in [6.07, 6.45) is 2.82. The Morgan fingerprint density at radius 2 is 2.10 bits per heavy atom. The fraction of sp³-hybridized carbons (Fsp3) is 0.333. The van der Waals surface area contributed by atoms with E-state index in [1.807, 2.05) is 0 Å². The van der Waals surface area contributed by atoms with Crippen LogP contribution in [0.5, 0.6) is 0 Å². The standard InChI is InChI=1S/C12H17N5O3S/c1-3-17(4-2)21(19,20)9-7-10(13-8-9)12(18)15-11-5-6-14-16-11/h5-8,13H,3-4H2,1-2H3,(H2,14,15,16,18). The molecular weight excluding hydrogens is 294 g/mol. The van der Waals surface area contributed by atoms with E-state index in [2.05, 4.69) is 20.5 Å². The highest BCUT2D eigenvalue weighted by Gasteiger charge is 2.24. The summed E-state index contributed by atoms with van der Waals surface area (Å²) < 4.78 is 25.9. The lowest BCUT2D eigenvalue weighted by Gasteiger charge is -2.16. The highest BCUT2D eigenvalue weighted by molar-refractivity contribution is 7.89. The number of rotatable bonds is 6. The molecule has 0 spiro atoms. The topological polar surface area (TPSA) is 111 Å². The third-order valence-electron chi connectivity index (χ3n) is 2.99. The van der Waals surface area contributed by atoms with Crippen molar-refractivity contribution in [2.24, 2.45) is 0 Å². The molecule has 2 heterocycles. The molecule has 114 valence electrons. The Morgan fingerprint density at radius 3 is 2.67 bits per heavy atom. The number of nitrogens with zero attached hydrogens (tertiary/aromatic N) is 2. The maximum Gasteiger partial charge on any atom is 0.273 e. The van der Waals surface area contributed by atoms with Crippen molar-refractivity contribution in [3.8, 4) is 0 Å². The summed E-state index contributed by atoms with van der Waals surface area (Å²) in [4.78, 5) is 14.7.